The molecule has 0 saturated heterocycles. The van der Waals surface area contributed by atoms with Gasteiger partial charge in [0.2, 0.25) is 5.91 Å². The van der Waals surface area contributed by atoms with Crippen LogP contribution in [-0.4, -0.2) is 36.3 Å². The van der Waals surface area contributed by atoms with Crippen LogP contribution in [-0.2, 0) is 11.3 Å². The molecule has 0 aliphatic rings. The van der Waals surface area contributed by atoms with Crippen molar-refractivity contribution in [2.45, 2.75) is 26.8 Å². The van der Waals surface area contributed by atoms with Crippen molar-refractivity contribution in [2.75, 3.05) is 31.3 Å². The molecule has 1 amide bonds. The first-order valence-corrected chi connectivity index (χ1v) is 5.75. The molecule has 0 atom stereocenters. The molecule has 0 saturated carbocycles. The summed E-state index contributed by atoms with van der Waals surface area (Å²) in [6.45, 7) is 5.02. The number of rotatable bonds is 5. The van der Waals surface area contributed by atoms with Crippen LogP contribution < -0.4 is 16.0 Å². The average Bonchev–Trinajstić information content (AvgIpc) is 2.55. The lowest BCUT2D eigenvalue weighted by atomic mass is 10.3. The highest BCUT2D eigenvalue weighted by Crippen LogP contribution is 2.25. The fourth-order valence-electron chi connectivity index (χ4n) is 1.72. The molecular weight excluding hydrogens is 218 g/mol. The minimum Gasteiger partial charge on any atom is -0.394 e. The van der Waals surface area contributed by atoms with Crippen molar-refractivity contribution in [1.29, 1.82) is 0 Å². The van der Waals surface area contributed by atoms with Crippen LogP contribution in [0.1, 0.15) is 19.0 Å². The predicted octanol–water partition coefficient (Wildman–Crippen LogP) is 0.366. The maximum atomic E-state index is 11.4. The van der Waals surface area contributed by atoms with Crippen LogP contribution in [0.4, 0.5) is 11.5 Å². The first kappa shape index (κ1) is 13.3. The zero-order valence-electron chi connectivity index (χ0n) is 10.9. The van der Waals surface area contributed by atoms with E-state index in [9.17, 15) is 4.79 Å². The molecule has 1 rings (SSSR count). The summed E-state index contributed by atoms with van der Waals surface area (Å²) in [4.78, 5) is 13.2. The molecule has 0 aliphatic carbocycles. The molecule has 0 aromatic carbocycles. The summed E-state index contributed by atoms with van der Waals surface area (Å²) in [5.41, 5.74) is 7.44. The monoisotopic (exact) mass is 239 g/mol. The lowest BCUT2D eigenvalue weighted by molar-refractivity contribution is -0.119. The molecule has 0 bridgehead atoms. The zero-order valence-corrected chi connectivity index (χ0v) is 10.9. The van der Waals surface area contributed by atoms with E-state index in [4.69, 9.17) is 5.73 Å². The molecule has 0 fully saturated rings. The fourth-order valence-corrected chi connectivity index (χ4v) is 1.72. The number of nitrogens with two attached hydrogens (primary N) is 1. The standard InChI is InChI=1S/C11H21N5O/c1-5-6-16-11(10(12)8(2)14-16)15(4)7-9(17)13-3/h5-7,12H2,1-4H3,(H,13,17). The second-order valence-electron chi connectivity index (χ2n) is 4.08. The number of nitrogen functional groups attached to an aromatic ring is 1. The molecule has 6 heteroatoms. The van der Waals surface area contributed by atoms with E-state index in [1.165, 1.54) is 0 Å². The Bertz CT molecular complexity index is 399. The van der Waals surface area contributed by atoms with Crippen molar-refractivity contribution < 1.29 is 4.79 Å². The second kappa shape index (κ2) is 5.56. The van der Waals surface area contributed by atoms with Crippen molar-refractivity contribution in [1.82, 2.24) is 15.1 Å². The Morgan fingerprint density at radius 1 is 1.59 bits per heavy atom. The molecule has 0 unspecified atom stereocenters. The van der Waals surface area contributed by atoms with Crippen molar-refractivity contribution in [3.8, 4) is 0 Å². The first-order chi connectivity index (χ1) is 8.01. The molecule has 3 N–H and O–H groups in total. The summed E-state index contributed by atoms with van der Waals surface area (Å²) in [7, 11) is 3.46. The van der Waals surface area contributed by atoms with Crippen molar-refractivity contribution in [2.24, 2.45) is 0 Å². The first-order valence-electron chi connectivity index (χ1n) is 5.75. The molecule has 0 aliphatic heterocycles. The molecule has 1 aromatic heterocycles. The third-order valence-electron chi connectivity index (χ3n) is 2.60. The Morgan fingerprint density at radius 3 is 2.76 bits per heavy atom. The number of hydrogen-bond acceptors (Lipinski definition) is 4. The normalized spacial score (nSPS) is 10.4. The third kappa shape index (κ3) is 2.89. The van der Waals surface area contributed by atoms with Gasteiger partial charge in [-0.25, -0.2) is 4.68 Å². The van der Waals surface area contributed by atoms with Crippen molar-refractivity contribution >= 4 is 17.4 Å². The van der Waals surface area contributed by atoms with Gasteiger partial charge in [0.1, 0.15) is 0 Å². The van der Waals surface area contributed by atoms with Gasteiger partial charge in [0, 0.05) is 20.6 Å². The number of nitrogens with zero attached hydrogens (tertiary/aromatic N) is 3. The molecular formula is C11H21N5O. The summed E-state index contributed by atoms with van der Waals surface area (Å²) in [5.74, 6) is 0.766. The second-order valence-corrected chi connectivity index (χ2v) is 4.08. The number of aromatic nitrogens is 2. The molecule has 17 heavy (non-hydrogen) atoms. The third-order valence-corrected chi connectivity index (χ3v) is 2.60. The molecule has 6 nitrogen and oxygen atoms in total. The summed E-state index contributed by atoms with van der Waals surface area (Å²) in [6.07, 6.45) is 0.974. The highest BCUT2D eigenvalue weighted by atomic mass is 16.1. The van der Waals surface area contributed by atoms with Gasteiger partial charge < -0.3 is 16.0 Å². The zero-order chi connectivity index (χ0) is 13.0. The Balaban J connectivity index is 2.97. The van der Waals surface area contributed by atoms with E-state index in [0.29, 0.717) is 5.69 Å². The van der Waals surface area contributed by atoms with Gasteiger partial charge in [-0.15, -0.1) is 0 Å². The van der Waals surface area contributed by atoms with E-state index in [2.05, 4.69) is 17.3 Å². The van der Waals surface area contributed by atoms with Crippen LogP contribution in [0.25, 0.3) is 0 Å². The average molecular weight is 239 g/mol. The van der Waals surface area contributed by atoms with E-state index >= 15 is 0 Å². The summed E-state index contributed by atoms with van der Waals surface area (Å²) in [6, 6.07) is 0. The lowest BCUT2D eigenvalue weighted by Gasteiger charge is -2.20. The fraction of sp³-hybridized carbons (Fsp3) is 0.636. The van der Waals surface area contributed by atoms with Crippen LogP contribution >= 0.6 is 0 Å². The summed E-state index contributed by atoms with van der Waals surface area (Å²) >= 11 is 0. The van der Waals surface area contributed by atoms with E-state index in [1.54, 1.807) is 7.05 Å². The van der Waals surface area contributed by atoms with Gasteiger partial charge in [-0.1, -0.05) is 6.92 Å². The number of carbonyl (C=O) groups excluding carboxylic acids is 1. The van der Waals surface area contributed by atoms with E-state index in [0.717, 1.165) is 24.5 Å². The smallest absolute Gasteiger partial charge is 0.239 e. The molecule has 0 radical (unpaired) electrons. The Kier molecular flexibility index (Phi) is 4.37. The van der Waals surface area contributed by atoms with Crippen LogP contribution in [0.15, 0.2) is 0 Å². The summed E-state index contributed by atoms with van der Waals surface area (Å²) in [5, 5.41) is 6.96. The maximum absolute atomic E-state index is 11.4. The van der Waals surface area contributed by atoms with Gasteiger partial charge in [-0.2, -0.15) is 5.10 Å². The number of aryl methyl sites for hydroxylation is 2. The lowest BCUT2D eigenvalue weighted by Crippen LogP contribution is -2.34. The molecule has 96 valence electrons. The number of nitrogens with one attached hydrogen (secondary N) is 1. The number of anilines is 2. The van der Waals surface area contributed by atoms with Gasteiger partial charge in [-0.05, 0) is 13.3 Å². The van der Waals surface area contributed by atoms with E-state index < -0.39 is 0 Å². The van der Waals surface area contributed by atoms with Gasteiger partial charge in [0.15, 0.2) is 5.82 Å². The highest BCUT2D eigenvalue weighted by molar-refractivity contribution is 5.82. The number of carbonyl (C=O) groups is 1. The van der Waals surface area contributed by atoms with Gasteiger partial charge in [0.05, 0.1) is 17.9 Å². The van der Waals surface area contributed by atoms with Gasteiger partial charge >= 0.3 is 0 Å². The summed E-state index contributed by atoms with van der Waals surface area (Å²) < 4.78 is 1.85. The van der Waals surface area contributed by atoms with Gasteiger partial charge in [-0.3, -0.25) is 4.79 Å². The predicted molar refractivity (Wildman–Crippen MR) is 69.0 cm³/mol. The Morgan fingerprint density at radius 2 is 2.24 bits per heavy atom. The van der Waals surface area contributed by atoms with Crippen molar-refractivity contribution in [3.63, 3.8) is 0 Å². The largest absolute Gasteiger partial charge is 0.394 e. The number of hydrogen-bond donors (Lipinski definition) is 2. The number of likely N-dealkylation sites (N-methyl/N-ethyl adjacent to an activating group) is 2. The SMILES string of the molecule is CCCn1nc(C)c(N)c1N(C)CC(=O)NC. The molecule has 1 heterocycles. The topological polar surface area (TPSA) is 76.2 Å². The van der Waals surface area contributed by atoms with E-state index in [1.807, 2.05) is 23.6 Å². The van der Waals surface area contributed by atoms with Crippen LogP contribution in [0, 0.1) is 6.92 Å². The molecule has 1 aromatic rings. The van der Waals surface area contributed by atoms with Crippen molar-refractivity contribution in [3.05, 3.63) is 5.69 Å². The molecule has 0 spiro atoms. The Hall–Kier alpha value is -1.72. The van der Waals surface area contributed by atoms with Crippen LogP contribution in [0.3, 0.4) is 0 Å². The van der Waals surface area contributed by atoms with Gasteiger partial charge in [0.25, 0.3) is 0 Å². The quantitative estimate of drug-likeness (QED) is 0.778. The van der Waals surface area contributed by atoms with E-state index in [-0.39, 0.29) is 12.5 Å². The van der Waals surface area contributed by atoms with Crippen LogP contribution in [0.5, 0.6) is 0 Å². The maximum Gasteiger partial charge on any atom is 0.239 e. The Labute approximate surface area is 102 Å². The van der Waals surface area contributed by atoms with Crippen LogP contribution in [0.2, 0.25) is 0 Å². The minimum atomic E-state index is -0.0474. The highest BCUT2D eigenvalue weighted by Gasteiger charge is 2.17. The number of amides is 1. The minimum absolute atomic E-state index is 0.0474.